The summed E-state index contributed by atoms with van der Waals surface area (Å²) in [7, 11) is 0. The van der Waals surface area contributed by atoms with Gasteiger partial charge in [0.25, 0.3) is 0 Å². The summed E-state index contributed by atoms with van der Waals surface area (Å²) < 4.78 is 0. The number of hydrogen-bond donors (Lipinski definition) is 4. The standard InChI is InChI=1S/C23H29N3O2/c1-17(21-16-25-22-13-12-19(27)15-20(21)22)24-14-8-3-2-7-11-23(28)26-18-9-5-4-6-10-18/h4-6,9-10,12-13,15-17,24-25,27H,2-3,7-8,11,14H2,1H3,(H,26,28). The Morgan fingerprint density at radius 3 is 2.68 bits per heavy atom. The zero-order chi connectivity index (χ0) is 19.8. The average molecular weight is 380 g/mol. The first-order valence-corrected chi connectivity index (χ1v) is 10.0. The summed E-state index contributed by atoms with van der Waals surface area (Å²) >= 11 is 0. The third-order valence-corrected chi connectivity index (χ3v) is 5.00. The molecule has 0 aliphatic heterocycles. The molecule has 0 aliphatic rings. The molecule has 0 spiro atoms. The molecule has 0 aliphatic carbocycles. The highest BCUT2D eigenvalue weighted by Gasteiger charge is 2.11. The molecule has 1 atom stereocenters. The normalized spacial score (nSPS) is 12.2. The van der Waals surface area contributed by atoms with Crippen molar-refractivity contribution in [3.05, 3.63) is 60.3 Å². The lowest BCUT2D eigenvalue weighted by atomic mass is 10.1. The van der Waals surface area contributed by atoms with Crippen molar-refractivity contribution in [1.29, 1.82) is 0 Å². The minimum Gasteiger partial charge on any atom is -0.508 e. The fourth-order valence-electron chi connectivity index (χ4n) is 3.43. The van der Waals surface area contributed by atoms with Gasteiger partial charge in [-0.1, -0.05) is 31.0 Å². The Morgan fingerprint density at radius 1 is 1.07 bits per heavy atom. The van der Waals surface area contributed by atoms with E-state index in [1.54, 1.807) is 12.1 Å². The van der Waals surface area contributed by atoms with Gasteiger partial charge in [0.2, 0.25) is 5.91 Å². The van der Waals surface area contributed by atoms with Crippen LogP contribution in [0.25, 0.3) is 10.9 Å². The van der Waals surface area contributed by atoms with Crippen molar-refractivity contribution in [2.45, 2.75) is 45.1 Å². The van der Waals surface area contributed by atoms with Crippen LogP contribution in [0.1, 0.15) is 50.6 Å². The Hall–Kier alpha value is -2.79. The number of rotatable bonds is 10. The van der Waals surface area contributed by atoms with E-state index in [1.165, 1.54) is 5.56 Å². The van der Waals surface area contributed by atoms with E-state index < -0.39 is 0 Å². The van der Waals surface area contributed by atoms with Gasteiger partial charge in [-0.05, 0) is 62.2 Å². The average Bonchev–Trinajstić information content (AvgIpc) is 3.11. The summed E-state index contributed by atoms with van der Waals surface area (Å²) in [5.41, 5.74) is 3.06. The van der Waals surface area contributed by atoms with E-state index in [1.807, 2.05) is 42.6 Å². The van der Waals surface area contributed by atoms with Crippen molar-refractivity contribution in [2.24, 2.45) is 0 Å². The number of anilines is 1. The lowest BCUT2D eigenvalue weighted by molar-refractivity contribution is -0.116. The van der Waals surface area contributed by atoms with Crippen molar-refractivity contribution < 1.29 is 9.90 Å². The maximum absolute atomic E-state index is 11.9. The highest BCUT2D eigenvalue weighted by Crippen LogP contribution is 2.27. The van der Waals surface area contributed by atoms with E-state index in [2.05, 4.69) is 22.5 Å². The summed E-state index contributed by atoms with van der Waals surface area (Å²) in [6, 6.07) is 15.2. The SMILES string of the molecule is CC(NCCCCCCC(=O)Nc1ccccc1)c1c[nH]c2ccc(O)cc12. The molecule has 28 heavy (non-hydrogen) atoms. The predicted octanol–water partition coefficient (Wildman–Crippen LogP) is 5.11. The molecule has 148 valence electrons. The fourth-order valence-corrected chi connectivity index (χ4v) is 3.43. The molecule has 5 nitrogen and oxygen atoms in total. The van der Waals surface area contributed by atoms with Crippen molar-refractivity contribution in [2.75, 3.05) is 11.9 Å². The Labute approximate surface area is 166 Å². The minimum atomic E-state index is 0.0838. The third-order valence-electron chi connectivity index (χ3n) is 5.00. The molecular weight excluding hydrogens is 350 g/mol. The molecule has 2 aromatic carbocycles. The molecule has 3 rings (SSSR count). The Kier molecular flexibility index (Phi) is 7.09. The first kappa shape index (κ1) is 20.0. The largest absolute Gasteiger partial charge is 0.508 e. The number of benzene rings is 2. The molecule has 5 heteroatoms. The third kappa shape index (κ3) is 5.60. The molecule has 0 saturated heterocycles. The van der Waals surface area contributed by atoms with Gasteiger partial charge >= 0.3 is 0 Å². The molecule has 4 N–H and O–H groups in total. The number of amides is 1. The van der Waals surface area contributed by atoms with Crippen LogP contribution in [0.2, 0.25) is 0 Å². The smallest absolute Gasteiger partial charge is 0.224 e. The number of carbonyl (C=O) groups is 1. The van der Waals surface area contributed by atoms with Gasteiger partial charge in [-0.25, -0.2) is 0 Å². The number of H-pyrrole nitrogens is 1. The molecule has 1 unspecified atom stereocenters. The van der Waals surface area contributed by atoms with E-state index in [0.29, 0.717) is 6.42 Å². The number of aromatic nitrogens is 1. The van der Waals surface area contributed by atoms with Crippen LogP contribution in [0.5, 0.6) is 5.75 Å². The monoisotopic (exact) mass is 379 g/mol. The summed E-state index contributed by atoms with van der Waals surface area (Å²) in [5, 5.41) is 17.2. The second kappa shape index (κ2) is 9.95. The Bertz CT molecular complexity index is 889. The summed E-state index contributed by atoms with van der Waals surface area (Å²) in [6.07, 6.45) is 6.73. The molecule has 3 aromatic rings. The maximum Gasteiger partial charge on any atom is 0.224 e. The lowest BCUT2D eigenvalue weighted by Crippen LogP contribution is -2.19. The van der Waals surface area contributed by atoms with Crippen LogP contribution in [-0.2, 0) is 4.79 Å². The van der Waals surface area contributed by atoms with Gasteiger partial charge in [0.15, 0.2) is 0 Å². The van der Waals surface area contributed by atoms with Gasteiger partial charge in [0, 0.05) is 35.2 Å². The molecule has 0 saturated carbocycles. The van der Waals surface area contributed by atoms with E-state index in [4.69, 9.17) is 0 Å². The van der Waals surface area contributed by atoms with Gasteiger partial charge in [-0.2, -0.15) is 0 Å². The zero-order valence-electron chi connectivity index (χ0n) is 16.4. The molecular formula is C23H29N3O2. The van der Waals surface area contributed by atoms with E-state index in [-0.39, 0.29) is 17.7 Å². The quantitative estimate of drug-likeness (QED) is 0.370. The zero-order valence-corrected chi connectivity index (χ0v) is 16.4. The number of hydrogen-bond acceptors (Lipinski definition) is 3. The van der Waals surface area contributed by atoms with Crippen LogP contribution < -0.4 is 10.6 Å². The van der Waals surface area contributed by atoms with Crippen molar-refractivity contribution in [3.63, 3.8) is 0 Å². The Balaban J connectivity index is 1.30. The second-order valence-electron chi connectivity index (χ2n) is 7.23. The maximum atomic E-state index is 11.9. The molecule has 0 fully saturated rings. The number of aromatic hydroxyl groups is 1. The van der Waals surface area contributed by atoms with Crippen molar-refractivity contribution in [3.8, 4) is 5.75 Å². The van der Waals surface area contributed by atoms with Crippen LogP contribution in [-0.4, -0.2) is 22.5 Å². The van der Waals surface area contributed by atoms with Crippen molar-refractivity contribution >= 4 is 22.5 Å². The van der Waals surface area contributed by atoms with E-state index in [0.717, 1.165) is 48.8 Å². The fraction of sp³-hybridized carbons (Fsp3) is 0.348. The number of para-hydroxylation sites is 1. The topological polar surface area (TPSA) is 77.2 Å². The number of phenols is 1. The first-order valence-electron chi connectivity index (χ1n) is 10.0. The van der Waals surface area contributed by atoms with E-state index in [9.17, 15) is 9.90 Å². The highest BCUT2D eigenvalue weighted by molar-refractivity contribution is 5.90. The number of carbonyl (C=O) groups excluding carboxylic acids is 1. The highest BCUT2D eigenvalue weighted by atomic mass is 16.3. The molecule has 1 amide bonds. The Morgan fingerprint density at radius 2 is 1.86 bits per heavy atom. The summed E-state index contributed by atoms with van der Waals surface area (Å²) in [4.78, 5) is 15.2. The minimum absolute atomic E-state index is 0.0838. The summed E-state index contributed by atoms with van der Waals surface area (Å²) in [6.45, 7) is 3.07. The van der Waals surface area contributed by atoms with Crippen LogP contribution in [0.15, 0.2) is 54.7 Å². The van der Waals surface area contributed by atoms with E-state index >= 15 is 0 Å². The van der Waals surface area contributed by atoms with Crippen LogP contribution in [0.4, 0.5) is 5.69 Å². The van der Waals surface area contributed by atoms with Crippen LogP contribution in [0, 0.1) is 0 Å². The van der Waals surface area contributed by atoms with Crippen LogP contribution >= 0.6 is 0 Å². The first-order chi connectivity index (χ1) is 13.6. The number of nitrogens with one attached hydrogen (secondary N) is 3. The van der Waals surface area contributed by atoms with Gasteiger partial charge < -0.3 is 20.7 Å². The van der Waals surface area contributed by atoms with Crippen molar-refractivity contribution in [1.82, 2.24) is 10.3 Å². The number of unbranched alkanes of at least 4 members (excludes halogenated alkanes) is 3. The number of phenolic OH excluding ortho intramolecular Hbond substituents is 1. The van der Waals surface area contributed by atoms with Gasteiger partial charge in [-0.15, -0.1) is 0 Å². The summed E-state index contributed by atoms with van der Waals surface area (Å²) in [5.74, 6) is 0.373. The van der Waals surface area contributed by atoms with Gasteiger partial charge in [-0.3, -0.25) is 4.79 Å². The van der Waals surface area contributed by atoms with Crippen LogP contribution in [0.3, 0.4) is 0 Å². The molecule has 0 bridgehead atoms. The predicted molar refractivity (Wildman–Crippen MR) is 115 cm³/mol. The second-order valence-corrected chi connectivity index (χ2v) is 7.23. The van der Waals surface area contributed by atoms with Gasteiger partial charge in [0.05, 0.1) is 0 Å². The number of fused-ring (bicyclic) bond motifs is 1. The molecule has 0 radical (unpaired) electrons. The van der Waals surface area contributed by atoms with Gasteiger partial charge in [0.1, 0.15) is 5.75 Å². The molecule has 1 aromatic heterocycles. The molecule has 1 heterocycles. The number of aromatic amines is 1. The lowest BCUT2D eigenvalue weighted by Gasteiger charge is -2.13.